The van der Waals surface area contributed by atoms with E-state index in [-0.39, 0.29) is 6.10 Å². The molecule has 0 aromatic carbocycles. The summed E-state index contributed by atoms with van der Waals surface area (Å²) in [6.45, 7) is 6.57. The van der Waals surface area contributed by atoms with Crippen molar-refractivity contribution in [3.63, 3.8) is 0 Å². The second kappa shape index (κ2) is 12.4. The molecule has 17 heavy (non-hydrogen) atoms. The average Bonchev–Trinajstić information content (AvgIpc) is 2.29. The predicted octanol–water partition coefficient (Wildman–Crippen LogP) is 5.31. The summed E-state index contributed by atoms with van der Waals surface area (Å²) in [4.78, 5) is 0. The number of unbranched alkanes of at least 4 members (excludes halogenated alkanes) is 6. The van der Waals surface area contributed by atoms with Crippen LogP contribution in [0.5, 0.6) is 0 Å². The van der Waals surface area contributed by atoms with Gasteiger partial charge >= 0.3 is 0 Å². The number of rotatable bonds is 12. The van der Waals surface area contributed by atoms with Crippen LogP contribution < -0.4 is 0 Å². The van der Waals surface area contributed by atoms with Crippen LogP contribution in [0.2, 0.25) is 0 Å². The second-order valence-electron chi connectivity index (χ2n) is 5.80. The van der Waals surface area contributed by atoms with E-state index in [4.69, 9.17) is 5.11 Å². The van der Waals surface area contributed by atoms with Crippen molar-refractivity contribution in [1.82, 2.24) is 0 Å². The van der Waals surface area contributed by atoms with Gasteiger partial charge in [-0.15, -0.1) is 0 Å². The van der Waals surface area contributed by atoms with E-state index in [2.05, 4.69) is 13.8 Å². The van der Waals surface area contributed by atoms with Gasteiger partial charge in [-0.3, -0.25) is 0 Å². The SMILES string of the molecule is CCCCC(C)CCCCCCCCC(C)O. The molecule has 104 valence electrons. The van der Waals surface area contributed by atoms with Crippen molar-refractivity contribution in [2.75, 3.05) is 0 Å². The minimum Gasteiger partial charge on any atom is -0.393 e. The van der Waals surface area contributed by atoms with E-state index in [0.717, 1.165) is 12.3 Å². The van der Waals surface area contributed by atoms with E-state index in [1.165, 1.54) is 64.2 Å². The number of hydrogen-bond donors (Lipinski definition) is 1. The third kappa shape index (κ3) is 13.9. The zero-order valence-corrected chi connectivity index (χ0v) is 12.4. The lowest BCUT2D eigenvalue weighted by molar-refractivity contribution is 0.180. The van der Waals surface area contributed by atoms with Gasteiger partial charge in [0.05, 0.1) is 6.10 Å². The first kappa shape index (κ1) is 17.0. The maximum Gasteiger partial charge on any atom is 0.0512 e. The van der Waals surface area contributed by atoms with Crippen LogP contribution in [0, 0.1) is 5.92 Å². The maximum absolute atomic E-state index is 9.13. The lowest BCUT2D eigenvalue weighted by atomic mass is 9.97. The molecule has 2 atom stereocenters. The highest BCUT2D eigenvalue weighted by molar-refractivity contribution is 4.55. The Labute approximate surface area is 109 Å². The Kier molecular flexibility index (Phi) is 12.4. The van der Waals surface area contributed by atoms with Crippen molar-refractivity contribution in [3.05, 3.63) is 0 Å². The zero-order valence-electron chi connectivity index (χ0n) is 12.4. The largest absolute Gasteiger partial charge is 0.393 e. The van der Waals surface area contributed by atoms with Gasteiger partial charge in [-0.25, -0.2) is 0 Å². The van der Waals surface area contributed by atoms with Crippen molar-refractivity contribution in [2.24, 2.45) is 5.92 Å². The molecule has 0 aliphatic rings. The number of aliphatic hydroxyl groups is 1. The first-order chi connectivity index (χ1) is 8.16. The molecule has 1 heteroatoms. The smallest absolute Gasteiger partial charge is 0.0512 e. The van der Waals surface area contributed by atoms with E-state index in [1.807, 2.05) is 6.92 Å². The van der Waals surface area contributed by atoms with Gasteiger partial charge in [-0.2, -0.15) is 0 Å². The highest BCUT2D eigenvalue weighted by Crippen LogP contribution is 2.17. The minimum atomic E-state index is -0.102. The van der Waals surface area contributed by atoms with Gasteiger partial charge in [-0.05, 0) is 19.3 Å². The van der Waals surface area contributed by atoms with Crippen molar-refractivity contribution in [1.29, 1.82) is 0 Å². The fourth-order valence-corrected chi connectivity index (χ4v) is 2.34. The van der Waals surface area contributed by atoms with Crippen molar-refractivity contribution < 1.29 is 5.11 Å². The van der Waals surface area contributed by atoms with Gasteiger partial charge in [0.2, 0.25) is 0 Å². The Morgan fingerprint density at radius 1 is 0.706 bits per heavy atom. The van der Waals surface area contributed by atoms with E-state index in [1.54, 1.807) is 0 Å². The molecule has 0 aliphatic carbocycles. The first-order valence-corrected chi connectivity index (χ1v) is 7.84. The molecular weight excluding hydrogens is 208 g/mol. The van der Waals surface area contributed by atoms with Crippen LogP contribution in [0.15, 0.2) is 0 Å². The topological polar surface area (TPSA) is 20.2 Å². The summed E-state index contributed by atoms with van der Waals surface area (Å²) in [5.41, 5.74) is 0. The Hall–Kier alpha value is -0.0400. The predicted molar refractivity (Wildman–Crippen MR) is 77.3 cm³/mol. The molecule has 0 saturated carbocycles. The minimum absolute atomic E-state index is 0.102. The van der Waals surface area contributed by atoms with Gasteiger partial charge in [0, 0.05) is 0 Å². The lowest BCUT2D eigenvalue weighted by Gasteiger charge is -2.10. The summed E-state index contributed by atoms with van der Waals surface area (Å²) in [5, 5.41) is 9.13. The van der Waals surface area contributed by atoms with E-state index in [9.17, 15) is 0 Å². The molecule has 1 N–H and O–H groups in total. The Morgan fingerprint density at radius 3 is 1.71 bits per heavy atom. The van der Waals surface area contributed by atoms with Gasteiger partial charge in [0.15, 0.2) is 0 Å². The summed E-state index contributed by atoms with van der Waals surface area (Å²) in [6, 6.07) is 0. The average molecular weight is 242 g/mol. The van der Waals surface area contributed by atoms with Crippen molar-refractivity contribution >= 4 is 0 Å². The number of aliphatic hydroxyl groups excluding tert-OH is 1. The van der Waals surface area contributed by atoms with E-state index < -0.39 is 0 Å². The fourth-order valence-electron chi connectivity index (χ4n) is 2.34. The Morgan fingerprint density at radius 2 is 1.18 bits per heavy atom. The van der Waals surface area contributed by atoms with Gasteiger partial charge in [0.25, 0.3) is 0 Å². The highest BCUT2D eigenvalue weighted by Gasteiger charge is 2.01. The molecule has 0 spiro atoms. The van der Waals surface area contributed by atoms with Crippen LogP contribution in [-0.2, 0) is 0 Å². The standard InChI is InChI=1S/C16H34O/c1-4-5-12-15(2)13-10-8-6-7-9-11-14-16(3)17/h15-17H,4-14H2,1-3H3. The monoisotopic (exact) mass is 242 g/mol. The molecule has 0 heterocycles. The van der Waals surface area contributed by atoms with Crippen LogP contribution >= 0.6 is 0 Å². The summed E-state index contributed by atoms with van der Waals surface area (Å²) in [7, 11) is 0. The summed E-state index contributed by atoms with van der Waals surface area (Å²) in [6.07, 6.45) is 14.5. The van der Waals surface area contributed by atoms with Crippen LogP contribution in [0.1, 0.15) is 91.4 Å². The molecule has 0 aromatic heterocycles. The van der Waals surface area contributed by atoms with Gasteiger partial charge in [0.1, 0.15) is 0 Å². The normalized spacial score (nSPS) is 14.8. The van der Waals surface area contributed by atoms with Gasteiger partial charge < -0.3 is 5.11 Å². The summed E-state index contributed by atoms with van der Waals surface area (Å²) in [5.74, 6) is 0.935. The molecule has 0 bridgehead atoms. The van der Waals surface area contributed by atoms with Crippen molar-refractivity contribution in [2.45, 2.75) is 97.5 Å². The van der Waals surface area contributed by atoms with Crippen LogP contribution in [0.3, 0.4) is 0 Å². The van der Waals surface area contributed by atoms with Crippen molar-refractivity contribution in [3.8, 4) is 0 Å². The summed E-state index contributed by atoms with van der Waals surface area (Å²) < 4.78 is 0. The van der Waals surface area contributed by atoms with Crippen LogP contribution in [0.25, 0.3) is 0 Å². The molecule has 0 fully saturated rings. The molecule has 0 saturated heterocycles. The lowest BCUT2D eigenvalue weighted by Crippen LogP contribution is -1.98. The fraction of sp³-hybridized carbons (Fsp3) is 1.00. The van der Waals surface area contributed by atoms with Crippen LogP contribution in [0.4, 0.5) is 0 Å². The zero-order chi connectivity index (χ0) is 12.9. The van der Waals surface area contributed by atoms with E-state index in [0.29, 0.717) is 0 Å². The summed E-state index contributed by atoms with van der Waals surface area (Å²) >= 11 is 0. The molecule has 0 rings (SSSR count). The van der Waals surface area contributed by atoms with E-state index >= 15 is 0 Å². The van der Waals surface area contributed by atoms with Crippen LogP contribution in [-0.4, -0.2) is 11.2 Å². The van der Waals surface area contributed by atoms with Gasteiger partial charge in [-0.1, -0.05) is 78.1 Å². The molecule has 2 unspecified atom stereocenters. The molecule has 0 aromatic rings. The Balaban J connectivity index is 3.07. The molecular formula is C16H34O. The maximum atomic E-state index is 9.13. The first-order valence-electron chi connectivity index (χ1n) is 7.84. The molecule has 0 radical (unpaired) electrons. The second-order valence-corrected chi connectivity index (χ2v) is 5.80. The molecule has 1 nitrogen and oxygen atoms in total. The quantitative estimate of drug-likeness (QED) is 0.460. The highest BCUT2D eigenvalue weighted by atomic mass is 16.3. The molecule has 0 aliphatic heterocycles. The Bertz CT molecular complexity index is 142. The number of hydrogen-bond acceptors (Lipinski definition) is 1. The third-order valence-electron chi connectivity index (χ3n) is 3.62. The molecule has 0 amide bonds. The third-order valence-corrected chi connectivity index (χ3v) is 3.62.